The molecular formula is C26H24N4O3. The first-order valence-corrected chi connectivity index (χ1v) is 10.9. The van der Waals surface area contributed by atoms with Crippen LogP contribution < -0.4 is 15.0 Å². The van der Waals surface area contributed by atoms with Crippen molar-refractivity contribution in [2.24, 2.45) is 5.92 Å². The molecule has 5 rings (SSSR count). The van der Waals surface area contributed by atoms with E-state index in [1.165, 1.54) is 0 Å². The maximum absolute atomic E-state index is 12.8. The summed E-state index contributed by atoms with van der Waals surface area (Å²) in [5, 5.41) is 2.93. The fourth-order valence-electron chi connectivity index (χ4n) is 3.98. The molecule has 1 fully saturated rings. The predicted molar refractivity (Wildman–Crippen MR) is 126 cm³/mol. The number of carbonyl (C=O) groups is 2. The molecule has 2 aromatic carbocycles. The Morgan fingerprint density at radius 2 is 1.97 bits per heavy atom. The van der Waals surface area contributed by atoms with Gasteiger partial charge in [0.05, 0.1) is 11.6 Å². The highest BCUT2D eigenvalue weighted by Crippen LogP contribution is 2.27. The lowest BCUT2D eigenvalue weighted by Crippen LogP contribution is -2.28. The molecular weight excluding hydrogens is 416 g/mol. The van der Waals surface area contributed by atoms with Gasteiger partial charge in [0.2, 0.25) is 11.8 Å². The summed E-state index contributed by atoms with van der Waals surface area (Å²) in [5.41, 5.74) is 4.26. The maximum atomic E-state index is 12.8. The number of hydrogen-bond donors (Lipinski definition) is 1. The number of nitrogens with zero attached hydrogens (tertiary/aromatic N) is 3. The summed E-state index contributed by atoms with van der Waals surface area (Å²) < 4.78 is 7.82. The minimum Gasteiger partial charge on any atom is -0.487 e. The summed E-state index contributed by atoms with van der Waals surface area (Å²) in [4.78, 5) is 31.5. The monoisotopic (exact) mass is 440 g/mol. The van der Waals surface area contributed by atoms with E-state index in [4.69, 9.17) is 4.74 Å². The number of anilines is 2. The molecule has 1 aliphatic rings. The van der Waals surface area contributed by atoms with Crippen molar-refractivity contribution < 1.29 is 14.3 Å². The van der Waals surface area contributed by atoms with E-state index in [0.29, 0.717) is 24.6 Å². The number of aromatic nitrogens is 2. The molecule has 1 saturated heterocycles. The first-order chi connectivity index (χ1) is 16.0. The molecule has 0 saturated carbocycles. The van der Waals surface area contributed by atoms with E-state index >= 15 is 0 Å². The number of nitrogens with one attached hydrogen (secondary N) is 1. The molecule has 2 aromatic heterocycles. The van der Waals surface area contributed by atoms with E-state index in [9.17, 15) is 9.59 Å². The lowest BCUT2D eigenvalue weighted by molar-refractivity contribution is -0.122. The second kappa shape index (κ2) is 8.78. The van der Waals surface area contributed by atoms with Crippen molar-refractivity contribution in [1.29, 1.82) is 0 Å². The first-order valence-electron chi connectivity index (χ1n) is 10.9. The van der Waals surface area contributed by atoms with E-state index in [1.54, 1.807) is 11.0 Å². The van der Waals surface area contributed by atoms with Gasteiger partial charge in [0.15, 0.2) is 0 Å². The fraction of sp³-hybridized carbons (Fsp3) is 0.192. The van der Waals surface area contributed by atoms with Crippen molar-refractivity contribution in [1.82, 2.24) is 9.38 Å². The van der Waals surface area contributed by atoms with Gasteiger partial charge in [0.1, 0.15) is 18.0 Å². The van der Waals surface area contributed by atoms with Crippen LogP contribution in [0.3, 0.4) is 0 Å². The number of benzene rings is 2. The zero-order valence-electron chi connectivity index (χ0n) is 18.3. The van der Waals surface area contributed by atoms with E-state index in [-0.39, 0.29) is 18.2 Å². The van der Waals surface area contributed by atoms with Gasteiger partial charge < -0.3 is 19.4 Å². The number of fused-ring (bicyclic) bond motifs is 1. The Morgan fingerprint density at radius 3 is 2.79 bits per heavy atom. The zero-order valence-corrected chi connectivity index (χ0v) is 18.3. The van der Waals surface area contributed by atoms with Crippen LogP contribution in [0.5, 0.6) is 5.75 Å². The fourth-order valence-corrected chi connectivity index (χ4v) is 3.98. The predicted octanol–water partition coefficient (Wildman–Crippen LogP) is 4.21. The third-order valence-corrected chi connectivity index (χ3v) is 5.74. The summed E-state index contributed by atoms with van der Waals surface area (Å²) in [6, 6.07) is 20.8. The number of amides is 2. The Hall–Kier alpha value is -4.13. The third kappa shape index (κ3) is 4.57. The van der Waals surface area contributed by atoms with E-state index in [2.05, 4.69) is 10.3 Å². The van der Waals surface area contributed by atoms with Crippen molar-refractivity contribution >= 4 is 28.8 Å². The molecule has 1 atom stereocenters. The molecule has 1 unspecified atom stereocenters. The normalized spacial score (nSPS) is 15.7. The van der Waals surface area contributed by atoms with Crippen LogP contribution in [0.25, 0.3) is 5.65 Å². The van der Waals surface area contributed by atoms with Crippen LogP contribution in [-0.2, 0) is 16.2 Å². The third-order valence-electron chi connectivity index (χ3n) is 5.74. The van der Waals surface area contributed by atoms with Crippen molar-refractivity contribution in [2.45, 2.75) is 20.0 Å². The van der Waals surface area contributed by atoms with E-state index < -0.39 is 5.92 Å². The van der Waals surface area contributed by atoms with Crippen molar-refractivity contribution in [2.75, 3.05) is 16.8 Å². The van der Waals surface area contributed by atoms with E-state index in [0.717, 1.165) is 22.6 Å². The van der Waals surface area contributed by atoms with Gasteiger partial charge in [0.25, 0.3) is 0 Å². The largest absolute Gasteiger partial charge is 0.487 e. The van der Waals surface area contributed by atoms with Gasteiger partial charge in [0, 0.05) is 42.8 Å². The van der Waals surface area contributed by atoms with Gasteiger partial charge in [-0.25, -0.2) is 4.98 Å². The van der Waals surface area contributed by atoms with Crippen LogP contribution in [0.2, 0.25) is 0 Å². The number of imidazole rings is 1. The average molecular weight is 441 g/mol. The van der Waals surface area contributed by atoms with Crippen LogP contribution in [0.1, 0.15) is 17.7 Å². The van der Waals surface area contributed by atoms with Gasteiger partial charge in [-0.15, -0.1) is 0 Å². The lowest BCUT2D eigenvalue weighted by atomic mass is 10.1. The standard InChI is InChI=1S/C26H24N4O3/c1-18-8-10-22(11-9-18)30-15-19(13-25(30)31)26(32)28-20-5-4-6-23(14-20)33-17-21-16-29-12-3-2-7-24(29)27-21/h2-12,14,16,19H,13,15,17H2,1H3,(H,28,32). The summed E-state index contributed by atoms with van der Waals surface area (Å²) in [6.45, 7) is 2.70. The number of carbonyl (C=O) groups excluding carboxylic acids is 2. The molecule has 0 bridgehead atoms. The smallest absolute Gasteiger partial charge is 0.229 e. The van der Waals surface area contributed by atoms with Gasteiger partial charge in [-0.1, -0.05) is 29.8 Å². The highest BCUT2D eigenvalue weighted by molar-refractivity contribution is 6.03. The number of aryl methyl sites for hydroxylation is 1. The van der Waals surface area contributed by atoms with Crippen LogP contribution in [0, 0.1) is 12.8 Å². The van der Waals surface area contributed by atoms with Crippen LogP contribution >= 0.6 is 0 Å². The number of ether oxygens (including phenoxy) is 1. The van der Waals surface area contributed by atoms with Crippen LogP contribution in [0.4, 0.5) is 11.4 Å². The molecule has 166 valence electrons. The molecule has 7 nitrogen and oxygen atoms in total. The topological polar surface area (TPSA) is 75.9 Å². The lowest BCUT2D eigenvalue weighted by Gasteiger charge is -2.17. The van der Waals surface area contributed by atoms with Gasteiger partial charge in [-0.3, -0.25) is 9.59 Å². The second-order valence-electron chi connectivity index (χ2n) is 8.25. The van der Waals surface area contributed by atoms with Crippen molar-refractivity contribution in [3.8, 4) is 5.75 Å². The van der Waals surface area contributed by atoms with Gasteiger partial charge in [-0.2, -0.15) is 0 Å². The second-order valence-corrected chi connectivity index (χ2v) is 8.25. The quantitative estimate of drug-likeness (QED) is 0.487. The molecule has 0 radical (unpaired) electrons. The van der Waals surface area contributed by atoms with Crippen molar-refractivity contribution in [3.63, 3.8) is 0 Å². The van der Waals surface area contributed by atoms with Crippen molar-refractivity contribution in [3.05, 3.63) is 90.4 Å². The number of rotatable bonds is 6. The molecule has 3 heterocycles. The number of pyridine rings is 1. The van der Waals surface area contributed by atoms with Crippen LogP contribution in [-0.4, -0.2) is 27.7 Å². The molecule has 1 aliphatic heterocycles. The molecule has 4 aromatic rings. The summed E-state index contributed by atoms with van der Waals surface area (Å²) in [7, 11) is 0. The molecule has 33 heavy (non-hydrogen) atoms. The Kier molecular flexibility index (Phi) is 5.52. The highest BCUT2D eigenvalue weighted by Gasteiger charge is 2.35. The summed E-state index contributed by atoms with van der Waals surface area (Å²) in [5.74, 6) is 0.0222. The Morgan fingerprint density at radius 1 is 1.12 bits per heavy atom. The molecule has 0 spiro atoms. The molecule has 0 aliphatic carbocycles. The summed E-state index contributed by atoms with van der Waals surface area (Å²) >= 11 is 0. The number of hydrogen-bond acceptors (Lipinski definition) is 4. The minimum absolute atomic E-state index is 0.0384. The Labute approximate surface area is 191 Å². The van der Waals surface area contributed by atoms with E-state index in [1.807, 2.05) is 84.4 Å². The average Bonchev–Trinajstić information content (AvgIpc) is 3.42. The Balaban J connectivity index is 1.20. The molecule has 1 N–H and O–H groups in total. The first kappa shape index (κ1) is 20.8. The van der Waals surface area contributed by atoms with Crippen LogP contribution in [0.15, 0.2) is 79.1 Å². The zero-order chi connectivity index (χ0) is 22.8. The highest BCUT2D eigenvalue weighted by atomic mass is 16.5. The molecule has 7 heteroatoms. The molecule has 2 amide bonds. The Bertz CT molecular complexity index is 1280. The SMILES string of the molecule is Cc1ccc(N2CC(C(=O)Nc3cccc(OCc4cn5ccccc5n4)c3)CC2=O)cc1. The van der Waals surface area contributed by atoms with Gasteiger partial charge >= 0.3 is 0 Å². The van der Waals surface area contributed by atoms with Gasteiger partial charge in [-0.05, 0) is 43.3 Å². The summed E-state index contributed by atoms with van der Waals surface area (Å²) in [6.07, 6.45) is 4.07. The maximum Gasteiger partial charge on any atom is 0.229 e. The minimum atomic E-state index is -0.402.